The van der Waals surface area contributed by atoms with E-state index in [1.165, 1.54) is 4.90 Å². The van der Waals surface area contributed by atoms with Gasteiger partial charge in [0.1, 0.15) is 5.75 Å². The number of Topliss-reactive ketones (excluding diaryl/α,β-unsaturated/α-hetero) is 1. The summed E-state index contributed by atoms with van der Waals surface area (Å²) in [6.45, 7) is 7.73. The summed E-state index contributed by atoms with van der Waals surface area (Å²) in [6, 6.07) is 14.0. The number of rotatable bonds is 6. The lowest BCUT2D eigenvalue weighted by Crippen LogP contribution is -2.32. The highest BCUT2D eigenvalue weighted by molar-refractivity contribution is 6.17. The number of benzene rings is 2. The maximum absolute atomic E-state index is 13.3. The Labute approximate surface area is 183 Å². The Morgan fingerprint density at radius 3 is 2.32 bits per heavy atom. The summed E-state index contributed by atoms with van der Waals surface area (Å²) in [5.74, 6) is -0.706. The maximum Gasteiger partial charge on any atom is 0.294 e. The fourth-order valence-corrected chi connectivity index (χ4v) is 3.68. The van der Waals surface area contributed by atoms with Crippen LogP contribution < -0.4 is 14.5 Å². The van der Waals surface area contributed by atoms with Crippen LogP contribution in [0.5, 0.6) is 5.75 Å². The minimum Gasteiger partial charge on any atom is -0.503 e. The molecular formula is C25H30N2O4. The van der Waals surface area contributed by atoms with E-state index in [9.17, 15) is 14.7 Å². The minimum absolute atomic E-state index is 0.114. The average Bonchev–Trinajstić information content (AvgIpc) is 2.98. The molecule has 1 N–H and O–H groups in total. The molecule has 2 aromatic rings. The van der Waals surface area contributed by atoms with Crippen molar-refractivity contribution in [2.45, 2.75) is 33.7 Å². The summed E-state index contributed by atoms with van der Waals surface area (Å²) >= 11 is 0. The number of anilines is 2. The highest BCUT2D eigenvalue weighted by Crippen LogP contribution is 2.44. The molecule has 0 radical (unpaired) electrons. The highest BCUT2D eigenvalue weighted by Gasteiger charge is 2.46. The molecule has 0 spiro atoms. The van der Waals surface area contributed by atoms with Gasteiger partial charge in [-0.3, -0.25) is 14.5 Å². The molecule has 0 saturated carbocycles. The fourth-order valence-electron chi connectivity index (χ4n) is 3.68. The van der Waals surface area contributed by atoms with Crippen LogP contribution in [0.1, 0.15) is 39.3 Å². The Balaban J connectivity index is 2.17. The molecule has 6 heteroatoms. The Hall–Kier alpha value is -3.28. The number of ether oxygens (including phenoxy) is 1. The zero-order valence-corrected chi connectivity index (χ0v) is 19.0. The van der Waals surface area contributed by atoms with Crippen LogP contribution in [0.2, 0.25) is 0 Å². The Morgan fingerprint density at radius 1 is 1.13 bits per heavy atom. The first kappa shape index (κ1) is 22.4. The lowest BCUT2D eigenvalue weighted by molar-refractivity contribution is -0.123. The fraction of sp³-hybridized carbons (Fsp3) is 0.360. The lowest BCUT2D eigenvalue weighted by Gasteiger charge is -2.29. The number of nitrogens with zero attached hydrogens (tertiary/aromatic N) is 2. The second kappa shape index (κ2) is 8.46. The van der Waals surface area contributed by atoms with Crippen LogP contribution in [-0.4, -0.2) is 37.5 Å². The maximum atomic E-state index is 13.3. The molecule has 1 amide bonds. The first-order valence-corrected chi connectivity index (χ1v) is 10.4. The van der Waals surface area contributed by atoms with E-state index in [2.05, 4.69) is 0 Å². The quantitative estimate of drug-likeness (QED) is 0.733. The number of hydrogen-bond acceptors (Lipinski definition) is 5. The molecule has 1 atom stereocenters. The number of carbonyl (C=O) groups excluding carboxylic acids is 2. The first-order chi connectivity index (χ1) is 14.6. The monoisotopic (exact) mass is 422 g/mol. The third kappa shape index (κ3) is 4.29. The largest absolute Gasteiger partial charge is 0.503 e. The van der Waals surface area contributed by atoms with E-state index < -0.39 is 23.1 Å². The summed E-state index contributed by atoms with van der Waals surface area (Å²) in [6.07, 6.45) is 0. The van der Waals surface area contributed by atoms with Gasteiger partial charge in [0.05, 0.1) is 18.2 Å². The molecule has 0 aromatic heterocycles. The Morgan fingerprint density at radius 2 is 1.77 bits per heavy atom. The third-order valence-electron chi connectivity index (χ3n) is 5.26. The predicted molar refractivity (Wildman–Crippen MR) is 123 cm³/mol. The number of ketones is 1. The smallest absolute Gasteiger partial charge is 0.294 e. The summed E-state index contributed by atoms with van der Waals surface area (Å²) < 4.78 is 5.63. The zero-order valence-electron chi connectivity index (χ0n) is 19.0. The summed E-state index contributed by atoms with van der Waals surface area (Å²) in [4.78, 5) is 29.9. The van der Waals surface area contributed by atoms with E-state index in [1.807, 2.05) is 74.4 Å². The molecule has 31 heavy (non-hydrogen) atoms. The summed E-state index contributed by atoms with van der Waals surface area (Å²) in [5, 5.41) is 10.8. The van der Waals surface area contributed by atoms with Gasteiger partial charge >= 0.3 is 0 Å². The topological polar surface area (TPSA) is 70.1 Å². The normalized spacial score (nSPS) is 16.6. The molecule has 0 aliphatic carbocycles. The van der Waals surface area contributed by atoms with Gasteiger partial charge < -0.3 is 14.7 Å². The van der Waals surface area contributed by atoms with Gasteiger partial charge in [-0.15, -0.1) is 0 Å². The Bertz CT molecular complexity index is 1020. The van der Waals surface area contributed by atoms with Crippen molar-refractivity contribution in [2.75, 3.05) is 30.5 Å². The molecule has 6 nitrogen and oxygen atoms in total. The highest BCUT2D eigenvalue weighted by atomic mass is 16.5. The second-order valence-corrected chi connectivity index (χ2v) is 8.84. The number of carbonyl (C=O) groups is 2. The SMILES string of the molecule is CCOc1cccc(C2C(C(=O)C(C)(C)C)=C(O)C(=O)N2c2ccc(N(C)C)cc2)c1. The van der Waals surface area contributed by atoms with Crippen LogP contribution in [0.4, 0.5) is 11.4 Å². The van der Waals surface area contributed by atoms with Gasteiger partial charge in [0, 0.05) is 30.9 Å². The van der Waals surface area contributed by atoms with Crippen LogP contribution in [0, 0.1) is 5.41 Å². The van der Waals surface area contributed by atoms with Gasteiger partial charge in [-0.2, -0.15) is 0 Å². The van der Waals surface area contributed by atoms with Crippen LogP contribution >= 0.6 is 0 Å². The van der Waals surface area contributed by atoms with Crippen molar-refractivity contribution in [2.24, 2.45) is 5.41 Å². The minimum atomic E-state index is -0.760. The summed E-state index contributed by atoms with van der Waals surface area (Å²) in [7, 11) is 3.87. The van der Waals surface area contributed by atoms with E-state index in [0.29, 0.717) is 23.6 Å². The Kier molecular flexibility index (Phi) is 6.11. The van der Waals surface area contributed by atoms with Gasteiger partial charge in [0.2, 0.25) is 0 Å². The standard InChI is InChI=1S/C25H30N2O4/c1-7-31-19-10-8-9-16(15-19)21-20(23(29)25(2,3)4)22(28)24(30)27(21)18-13-11-17(12-14-18)26(5)6/h8-15,21,28H,7H2,1-6H3. The van der Waals surface area contributed by atoms with Crippen LogP contribution in [0.15, 0.2) is 59.9 Å². The number of aliphatic hydroxyl groups is 1. The molecule has 1 heterocycles. The van der Waals surface area contributed by atoms with Crippen LogP contribution in [-0.2, 0) is 9.59 Å². The number of aliphatic hydroxyl groups excluding tert-OH is 1. The molecule has 0 saturated heterocycles. The second-order valence-electron chi connectivity index (χ2n) is 8.84. The van der Waals surface area contributed by atoms with Crippen molar-refractivity contribution in [3.05, 3.63) is 65.4 Å². The van der Waals surface area contributed by atoms with E-state index in [4.69, 9.17) is 4.74 Å². The molecule has 3 rings (SSSR count). The van der Waals surface area contributed by atoms with E-state index in [0.717, 1.165) is 5.69 Å². The van der Waals surface area contributed by atoms with Crippen LogP contribution in [0.3, 0.4) is 0 Å². The van der Waals surface area contributed by atoms with Gasteiger partial charge in [-0.1, -0.05) is 32.9 Å². The van der Waals surface area contributed by atoms with Crippen molar-refractivity contribution in [3.63, 3.8) is 0 Å². The van der Waals surface area contributed by atoms with Gasteiger partial charge in [0.15, 0.2) is 11.5 Å². The molecule has 1 aliphatic rings. The predicted octanol–water partition coefficient (Wildman–Crippen LogP) is 4.67. The molecule has 0 fully saturated rings. The third-order valence-corrected chi connectivity index (χ3v) is 5.26. The number of hydrogen-bond donors (Lipinski definition) is 1. The van der Waals surface area contributed by atoms with Crippen molar-refractivity contribution < 1.29 is 19.4 Å². The van der Waals surface area contributed by atoms with Gasteiger partial charge in [-0.05, 0) is 48.9 Å². The van der Waals surface area contributed by atoms with Gasteiger partial charge in [0.25, 0.3) is 5.91 Å². The molecule has 1 aliphatic heterocycles. The average molecular weight is 423 g/mol. The molecule has 164 valence electrons. The van der Waals surface area contributed by atoms with E-state index >= 15 is 0 Å². The lowest BCUT2D eigenvalue weighted by atomic mass is 9.82. The van der Waals surface area contributed by atoms with Gasteiger partial charge in [-0.25, -0.2) is 0 Å². The zero-order chi connectivity index (χ0) is 22.9. The molecule has 0 bridgehead atoms. The van der Waals surface area contributed by atoms with Crippen molar-refractivity contribution in [1.29, 1.82) is 0 Å². The van der Waals surface area contributed by atoms with Crippen molar-refractivity contribution >= 4 is 23.1 Å². The van der Waals surface area contributed by atoms with E-state index in [1.54, 1.807) is 20.8 Å². The summed E-state index contributed by atoms with van der Waals surface area (Å²) in [5.41, 5.74) is 1.64. The molecule has 1 unspecified atom stereocenters. The first-order valence-electron chi connectivity index (χ1n) is 10.4. The van der Waals surface area contributed by atoms with Crippen molar-refractivity contribution in [1.82, 2.24) is 0 Å². The number of amides is 1. The molecular weight excluding hydrogens is 392 g/mol. The van der Waals surface area contributed by atoms with Crippen LogP contribution in [0.25, 0.3) is 0 Å². The van der Waals surface area contributed by atoms with Crippen molar-refractivity contribution in [3.8, 4) is 5.75 Å². The van der Waals surface area contributed by atoms with E-state index in [-0.39, 0.29) is 11.4 Å². The molecule has 2 aromatic carbocycles.